The summed E-state index contributed by atoms with van der Waals surface area (Å²) in [6, 6.07) is 9.14. The average molecular weight is 299 g/mol. The second kappa shape index (κ2) is 5.55. The second-order valence-corrected chi connectivity index (χ2v) is 5.30. The maximum absolute atomic E-state index is 12.2. The van der Waals surface area contributed by atoms with Crippen molar-refractivity contribution in [1.82, 2.24) is 4.57 Å². The Bertz CT molecular complexity index is 730. The number of ether oxygens (including phenoxy) is 1. The number of carbonyl (C=O) groups is 2. The molecular formula is C16H17N3O3. The van der Waals surface area contributed by atoms with Crippen LogP contribution in [0.5, 0.6) is 5.75 Å². The van der Waals surface area contributed by atoms with Crippen molar-refractivity contribution in [2.45, 2.75) is 20.4 Å². The number of nitrogens with one attached hydrogen (secondary N) is 2. The van der Waals surface area contributed by atoms with Gasteiger partial charge in [-0.3, -0.25) is 9.59 Å². The highest BCUT2D eigenvalue weighted by Gasteiger charge is 2.16. The van der Waals surface area contributed by atoms with Gasteiger partial charge in [0.05, 0.1) is 5.69 Å². The van der Waals surface area contributed by atoms with Crippen LogP contribution >= 0.6 is 0 Å². The molecular weight excluding hydrogens is 282 g/mol. The summed E-state index contributed by atoms with van der Waals surface area (Å²) in [5.41, 5.74) is 3.27. The minimum Gasteiger partial charge on any atom is -0.482 e. The Hall–Kier alpha value is -2.76. The van der Waals surface area contributed by atoms with Gasteiger partial charge in [0.1, 0.15) is 12.3 Å². The first-order valence-electron chi connectivity index (χ1n) is 7.02. The smallest absolute Gasteiger partial charge is 0.262 e. The summed E-state index contributed by atoms with van der Waals surface area (Å²) in [5, 5.41) is 5.55. The van der Waals surface area contributed by atoms with Crippen LogP contribution in [0.2, 0.25) is 0 Å². The Balaban J connectivity index is 1.72. The van der Waals surface area contributed by atoms with E-state index in [9.17, 15) is 9.59 Å². The van der Waals surface area contributed by atoms with Gasteiger partial charge in [-0.25, -0.2) is 0 Å². The van der Waals surface area contributed by atoms with E-state index in [0.29, 0.717) is 17.1 Å². The lowest BCUT2D eigenvalue weighted by Gasteiger charge is -2.18. The van der Waals surface area contributed by atoms with Crippen LogP contribution in [0.25, 0.3) is 0 Å². The molecule has 114 valence electrons. The molecule has 3 rings (SSSR count). The molecule has 0 fully saturated rings. The fourth-order valence-corrected chi connectivity index (χ4v) is 2.45. The quantitative estimate of drug-likeness (QED) is 0.911. The Morgan fingerprint density at radius 1 is 1.27 bits per heavy atom. The fraction of sp³-hybridized carbons (Fsp3) is 0.250. The summed E-state index contributed by atoms with van der Waals surface area (Å²) in [7, 11) is 0. The van der Waals surface area contributed by atoms with E-state index >= 15 is 0 Å². The van der Waals surface area contributed by atoms with E-state index < -0.39 is 0 Å². The predicted molar refractivity (Wildman–Crippen MR) is 83.1 cm³/mol. The third kappa shape index (κ3) is 2.81. The third-order valence-electron chi connectivity index (χ3n) is 3.62. The molecule has 0 saturated carbocycles. The van der Waals surface area contributed by atoms with Crippen LogP contribution in [-0.2, 0) is 16.1 Å². The molecule has 0 saturated heterocycles. The first-order chi connectivity index (χ1) is 10.5. The van der Waals surface area contributed by atoms with Gasteiger partial charge in [0.2, 0.25) is 5.91 Å². The first kappa shape index (κ1) is 14.2. The van der Waals surface area contributed by atoms with Crippen molar-refractivity contribution in [3.8, 4) is 5.75 Å². The molecule has 6 nitrogen and oxygen atoms in total. The SMILES string of the molecule is Cc1ccc(C)n1CC(=O)Nc1ccc2c(c1)NC(=O)CO2. The number of carbonyl (C=O) groups excluding carboxylic acids is 2. The van der Waals surface area contributed by atoms with Crippen molar-refractivity contribution >= 4 is 23.2 Å². The topological polar surface area (TPSA) is 72.4 Å². The maximum atomic E-state index is 12.2. The minimum atomic E-state index is -0.199. The number of fused-ring (bicyclic) bond motifs is 1. The Morgan fingerprint density at radius 3 is 2.73 bits per heavy atom. The zero-order valence-corrected chi connectivity index (χ0v) is 12.5. The molecule has 6 heteroatoms. The molecule has 0 bridgehead atoms. The third-order valence-corrected chi connectivity index (χ3v) is 3.62. The Labute approximate surface area is 128 Å². The number of benzene rings is 1. The van der Waals surface area contributed by atoms with Gasteiger partial charge in [-0.15, -0.1) is 0 Å². The minimum absolute atomic E-state index is 0.0187. The highest BCUT2D eigenvalue weighted by atomic mass is 16.5. The van der Waals surface area contributed by atoms with Crippen LogP contribution in [0, 0.1) is 13.8 Å². The van der Waals surface area contributed by atoms with Crippen molar-refractivity contribution in [1.29, 1.82) is 0 Å². The first-order valence-corrected chi connectivity index (χ1v) is 7.02. The summed E-state index contributed by atoms with van der Waals surface area (Å²) in [6.07, 6.45) is 0. The molecule has 22 heavy (non-hydrogen) atoms. The summed E-state index contributed by atoms with van der Waals surface area (Å²) >= 11 is 0. The van der Waals surface area contributed by atoms with Crippen LogP contribution < -0.4 is 15.4 Å². The molecule has 2 aromatic rings. The second-order valence-electron chi connectivity index (χ2n) is 5.30. The summed E-state index contributed by atoms with van der Waals surface area (Å²) in [4.78, 5) is 23.5. The number of hydrogen-bond donors (Lipinski definition) is 2. The molecule has 2 N–H and O–H groups in total. The zero-order valence-electron chi connectivity index (χ0n) is 12.5. The van der Waals surface area contributed by atoms with Crippen LogP contribution in [0.15, 0.2) is 30.3 Å². The van der Waals surface area contributed by atoms with E-state index in [1.54, 1.807) is 18.2 Å². The van der Waals surface area contributed by atoms with E-state index in [1.165, 1.54) is 0 Å². The number of aromatic nitrogens is 1. The molecule has 0 radical (unpaired) electrons. The fourth-order valence-electron chi connectivity index (χ4n) is 2.45. The molecule has 1 aromatic carbocycles. The van der Waals surface area contributed by atoms with Gasteiger partial charge in [-0.05, 0) is 44.2 Å². The number of aryl methyl sites for hydroxylation is 2. The maximum Gasteiger partial charge on any atom is 0.262 e. The standard InChI is InChI=1S/C16H17N3O3/c1-10-3-4-11(2)19(10)8-15(20)17-12-5-6-14-13(7-12)18-16(21)9-22-14/h3-7H,8-9H2,1-2H3,(H,17,20)(H,18,21). The van der Waals surface area contributed by atoms with Gasteiger partial charge in [-0.2, -0.15) is 0 Å². The van der Waals surface area contributed by atoms with E-state index in [1.807, 2.05) is 30.5 Å². The van der Waals surface area contributed by atoms with Crippen molar-refractivity contribution in [2.24, 2.45) is 0 Å². The van der Waals surface area contributed by atoms with Crippen molar-refractivity contribution in [3.05, 3.63) is 41.7 Å². The van der Waals surface area contributed by atoms with Crippen LogP contribution in [-0.4, -0.2) is 23.0 Å². The lowest BCUT2D eigenvalue weighted by Crippen LogP contribution is -2.25. The summed E-state index contributed by atoms with van der Waals surface area (Å²) in [6.45, 7) is 4.20. The molecule has 0 aliphatic carbocycles. The van der Waals surface area contributed by atoms with E-state index in [0.717, 1.165) is 11.4 Å². The highest BCUT2D eigenvalue weighted by molar-refractivity contribution is 5.97. The van der Waals surface area contributed by atoms with Gasteiger partial charge in [0.25, 0.3) is 5.91 Å². The van der Waals surface area contributed by atoms with Crippen LogP contribution in [0.4, 0.5) is 11.4 Å². The summed E-state index contributed by atoms with van der Waals surface area (Å²) < 4.78 is 7.23. The van der Waals surface area contributed by atoms with Crippen LogP contribution in [0.1, 0.15) is 11.4 Å². The molecule has 0 spiro atoms. The zero-order chi connectivity index (χ0) is 15.7. The van der Waals surface area contributed by atoms with Gasteiger partial charge >= 0.3 is 0 Å². The summed E-state index contributed by atoms with van der Waals surface area (Å²) in [5.74, 6) is 0.287. The largest absolute Gasteiger partial charge is 0.482 e. The molecule has 2 amide bonds. The number of nitrogens with zero attached hydrogens (tertiary/aromatic N) is 1. The van der Waals surface area contributed by atoms with Gasteiger partial charge in [0.15, 0.2) is 6.61 Å². The molecule has 1 aromatic heterocycles. The highest BCUT2D eigenvalue weighted by Crippen LogP contribution is 2.30. The van der Waals surface area contributed by atoms with Gasteiger partial charge < -0.3 is 19.9 Å². The van der Waals surface area contributed by atoms with Crippen molar-refractivity contribution in [3.63, 3.8) is 0 Å². The molecule has 1 aliphatic rings. The normalized spacial score (nSPS) is 13.1. The van der Waals surface area contributed by atoms with Crippen molar-refractivity contribution < 1.29 is 14.3 Å². The van der Waals surface area contributed by atoms with E-state index in [4.69, 9.17) is 4.74 Å². The Kier molecular flexibility index (Phi) is 3.58. The van der Waals surface area contributed by atoms with Crippen molar-refractivity contribution in [2.75, 3.05) is 17.2 Å². The molecule has 1 aliphatic heterocycles. The number of anilines is 2. The molecule has 2 heterocycles. The number of hydrogen-bond acceptors (Lipinski definition) is 3. The number of amides is 2. The monoisotopic (exact) mass is 299 g/mol. The lowest BCUT2D eigenvalue weighted by molar-refractivity contribution is -0.118. The van der Waals surface area contributed by atoms with Gasteiger partial charge in [-0.1, -0.05) is 0 Å². The average Bonchev–Trinajstić information content (AvgIpc) is 2.78. The van der Waals surface area contributed by atoms with Crippen LogP contribution in [0.3, 0.4) is 0 Å². The molecule has 0 unspecified atom stereocenters. The Morgan fingerprint density at radius 2 is 2.00 bits per heavy atom. The lowest BCUT2D eigenvalue weighted by atomic mass is 10.2. The van der Waals surface area contributed by atoms with E-state index in [2.05, 4.69) is 10.6 Å². The van der Waals surface area contributed by atoms with Gasteiger partial charge in [0, 0.05) is 17.1 Å². The molecule has 0 atom stereocenters. The number of rotatable bonds is 3. The van der Waals surface area contributed by atoms with E-state index in [-0.39, 0.29) is 25.0 Å². The predicted octanol–water partition coefficient (Wildman–Crippen LogP) is 2.07.